The molecule has 8 heteroatoms. The van der Waals surface area contributed by atoms with Gasteiger partial charge in [-0.2, -0.15) is 0 Å². The molecule has 7 nitrogen and oxygen atoms in total. The minimum Gasteiger partial charge on any atom is -0.462 e. The Hall–Kier alpha value is -3.78. The number of fused-ring (bicyclic) bond motifs is 1. The molecule has 1 N–H and O–H groups in total. The van der Waals surface area contributed by atoms with Crippen LogP contribution in [0, 0.1) is 0 Å². The fourth-order valence-electron chi connectivity index (χ4n) is 3.39. The lowest BCUT2D eigenvalue weighted by molar-refractivity contribution is -0.105. The van der Waals surface area contributed by atoms with E-state index in [4.69, 9.17) is 4.74 Å². The van der Waals surface area contributed by atoms with Gasteiger partial charge in [0.15, 0.2) is 0 Å². The number of anilines is 2. The standard InChI is InChI=1S/C22H16N2O5S/c1-2-29-22(28)18-16(13-7-5-6-10-17(13)23-12-25)11-30-21(18)24-19(26)14-8-3-4-9-15(14)20(24)27/h3-12H,2H2,1H3,(H,23,25). The summed E-state index contributed by atoms with van der Waals surface area (Å²) in [6.45, 7) is 1.80. The molecule has 30 heavy (non-hydrogen) atoms. The van der Waals surface area contributed by atoms with E-state index in [2.05, 4.69) is 5.32 Å². The van der Waals surface area contributed by atoms with E-state index in [0.29, 0.717) is 23.2 Å². The summed E-state index contributed by atoms with van der Waals surface area (Å²) in [5.74, 6) is -1.64. The molecule has 0 unspecified atom stereocenters. The number of hydrogen-bond donors (Lipinski definition) is 1. The fraction of sp³-hybridized carbons (Fsp3) is 0.0909. The third-order valence-electron chi connectivity index (χ3n) is 4.68. The van der Waals surface area contributed by atoms with Crippen molar-refractivity contribution in [1.82, 2.24) is 0 Å². The third-order valence-corrected chi connectivity index (χ3v) is 5.64. The molecule has 0 bridgehead atoms. The number of imide groups is 1. The molecule has 1 aromatic heterocycles. The van der Waals surface area contributed by atoms with Gasteiger partial charge in [-0.3, -0.25) is 14.4 Å². The van der Waals surface area contributed by atoms with Gasteiger partial charge >= 0.3 is 5.97 Å². The van der Waals surface area contributed by atoms with Crippen molar-refractivity contribution >= 4 is 46.2 Å². The number of para-hydroxylation sites is 1. The summed E-state index contributed by atoms with van der Waals surface area (Å²) in [5.41, 5.74) is 2.22. The van der Waals surface area contributed by atoms with Crippen molar-refractivity contribution < 1.29 is 23.9 Å². The summed E-state index contributed by atoms with van der Waals surface area (Å²) < 4.78 is 5.22. The summed E-state index contributed by atoms with van der Waals surface area (Å²) in [7, 11) is 0. The molecular formula is C22H16N2O5S. The maximum absolute atomic E-state index is 13.0. The molecule has 0 radical (unpaired) electrons. The Bertz CT molecular complexity index is 1150. The van der Waals surface area contributed by atoms with Gasteiger partial charge in [0.05, 0.1) is 17.7 Å². The maximum Gasteiger partial charge on any atom is 0.341 e. The van der Waals surface area contributed by atoms with E-state index in [0.717, 1.165) is 16.2 Å². The van der Waals surface area contributed by atoms with Gasteiger partial charge in [-0.05, 0) is 25.1 Å². The van der Waals surface area contributed by atoms with Crippen molar-refractivity contribution in [2.24, 2.45) is 0 Å². The molecule has 0 atom stereocenters. The average molecular weight is 420 g/mol. The highest BCUT2D eigenvalue weighted by Gasteiger charge is 2.40. The number of ether oxygens (including phenoxy) is 1. The predicted octanol–water partition coefficient (Wildman–Crippen LogP) is 3.96. The highest BCUT2D eigenvalue weighted by Crippen LogP contribution is 2.43. The normalized spacial score (nSPS) is 12.6. The van der Waals surface area contributed by atoms with Crippen LogP contribution in [0.4, 0.5) is 10.7 Å². The van der Waals surface area contributed by atoms with Gasteiger partial charge in [0.25, 0.3) is 11.8 Å². The van der Waals surface area contributed by atoms with E-state index in [1.807, 2.05) is 0 Å². The van der Waals surface area contributed by atoms with Gasteiger partial charge in [-0.25, -0.2) is 9.69 Å². The monoisotopic (exact) mass is 420 g/mol. The Kier molecular flexibility index (Phi) is 5.16. The quantitative estimate of drug-likeness (QED) is 0.370. The lowest BCUT2D eigenvalue weighted by Gasteiger charge is -2.15. The van der Waals surface area contributed by atoms with E-state index in [-0.39, 0.29) is 28.3 Å². The minimum atomic E-state index is -0.652. The Morgan fingerprint density at radius 1 is 1.00 bits per heavy atom. The minimum absolute atomic E-state index is 0.108. The SMILES string of the molecule is CCOC(=O)c1c(-c2ccccc2NC=O)csc1N1C(=O)c2ccccc2C1=O. The first-order valence-corrected chi connectivity index (χ1v) is 10.0. The molecule has 3 aromatic rings. The van der Waals surface area contributed by atoms with E-state index < -0.39 is 17.8 Å². The molecule has 0 spiro atoms. The molecule has 1 aliphatic heterocycles. The Morgan fingerprint density at radius 3 is 2.20 bits per heavy atom. The number of nitrogens with one attached hydrogen (secondary N) is 1. The summed E-state index contributed by atoms with van der Waals surface area (Å²) >= 11 is 1.09. The van der Waals surface area contributed by atoms with Crippen molar-refractivity contribution in [1.29, 1.82) is 0 Å². The zero-order chi connectivity index (χ0) is 21.3. The molecule has 3 amide bonds. The van der Waals surface area contributed by atoms with E-state index in [1.54, 1.807) is 60.8 Å². The molecule has 2 heterocycles. The number of esters is 1. The van der Waals surface area contributed by atoms with Crippen molar-refractivity contribution in [3.63, 3.8) is 0 Å². The van der Waals surface area contributed by atoms with Crippen LogP contribution in [0.15, 0.2) is 53.9 Å². The maximum atomic E-state index is 13.0. The van der Waals surface area contributed by atoms with Crippen LogP contribution in [-0.4, -0.2) is 30.8 Å². The van der Waals surface area contributed by atoms with Crippen molar-refractivity contribution in [2.75, 3.05) is 16.8 Å². The highest BCUT2D eigenvalue weighted by atomic mass is 32.1. The molecular weight excluding hydrogens is 404 g/mol. The Morgan fingerprint density at radius 2 is 1.60 bits per heavy atom. The number of carbonyl (C=O) groups excluding carboxylic acids is 4. The molecule has 0 saturated carbocycles. The second-order valence-corrected chi connectivity index (χ2v) is 7.21. The van der Waals surface area contributed by atoms with E-state index in [1.165, 1.54) is 0 Å². The summed E-state index contributed by atoms with van der Waals surface area (Å²) in [5, 5.41) is 4.48. The lowest BCUT2D eigenvalue weighted by atomic mass is 10.0. The molecule has 1 aliphatic rings. The van der Waals surface area contributed by atoms with Crippen LogP contribution >= 0.6 is 11.3 Å². The molecule has 2 aromatic carbocycles. The predicted molar refractivity (Wildman–Crippen MR) is 113 cm³/mol. The number of amides is 3. The first-order chi connectivity index (χ1) is 14.6. The first kappa shape index (κ1) is 19.5. The Balaban J connectivity index is 1.89. The summed E-state index contributed by atoms with van der Waals surface area (Å²) in [4.78, 5) is 50.8. The van der Waals surface area contributed by atoms with Gasteiger partial charge in [-0.1, -0.05) is 30.3 Å². The van der Waals surface area contributed by atoms with Crippen LogP contribution in [0.2, 0.25) is 0 Å². The van der Waals surface area contributed by atoms with Crippen LogP contribution in [-0.2, 0) is 9.53 Å². The van der Waals surface area contributed by atoms with Gasteiger partial charge in [0.1, 0.15) is 10.6 Å². The number of thiophene rings is 1. The van der Waals surface area contributed by atoms with Crippen LogP contribution in [0.5, 0.6) is 0 Å². The third kappa shape index (κ3) is 3.07. The topological polar surface area (TPSA) is 92.8 Å². The van der Waals surface area contributed by atoms with Crippen molar-refractivity contribution in [3.8, 4) is 11.1 Å². The van der Waals surface area contributed by atoms with Crippen LogP contribution in [0.25, 0.3) is 11.1 Å². The lowest BCUT2D eigenvalue weighted by Crippen LogP contribution is -2.30. The number of nitrogens with zero attached hydrogens (tertiary/aromatic N) is 1. The zero-order valence-corrected chi connectivity index (χ0v) is 16.7. The molecule has 0 saturated heterocycles. The smallest absolute Gasteiger partial charge is 0.341 e. The Labute approximate surface area is 175 Å². The van der Waals surface area contributed by atoms with Gasteiger partial charge < -0.3 is 10.1 Å². The summed E-state index contributed by atoms with van der Waals surface area (Å²) in [6.07, 6.45) is 0.542. The molecule has 0 fully saturated rings. The van der Waals surface area contributed by atoms with Crippen molar-refractivity contribution in [3.05, 3.63) is 70.6 Å². The second-order valence-electron chi connectivity index (χ2n) is 6.35. The van der Waals surface area contributed by atoms with Gasteiger partial charge in [-0.15, -0.1) is 11.3 Å². The average Bonchev–Trinajstić information content (AvgIpc) is 3.28. The van der Waals surface area contributed by atoms with E-state index >= 15 is 0 Å². The second kappa shape index (κ2) is 7.92. The van der Waals surface area contributed by atoms with Gasteiger partial charge in [0, 0.05) is 22.2 Å². The van der Waals surface area contributed by atoms with Gasteiger partial charge in [0.2, 0.25) is 6.41 Å². The largest absolute Gasteiger partial charge is 0.462 e. The number of rotatable bonds is 6. The number of hydrogen-bond acceptors (Lipinski definition) is 6. The highest BCUT2D eigenvalue weighted by molar-refractivity contribution is 7.15. The first-order valence-electron chi connectivity index (χ1n) is 9.14. The molecule has 4 rings (SSSR count). The van der Waals surface area contributed by atoms with Crippen molar-refractivity contribution in [2.45, 2.75) is 6.92 Å². The fourth-order valence-corrected chi connectivity index (χ4v) is 4.45. The summed E-state index contributed by atoms with van der Waals surface area (Å²) in [6, 6.07) is 13.5. The van der Waals surface area contributed by atoms with Crippen LogP contribution < -0.4 is 10.2 Å². The number of benzene rings is 2. The zero-order valence-electron chi connectivity index (χ0n) is 15.9. The molecule has 150 valence electrons. The van der Waals surface area contributed by atoms with Crippen LogP contribution in [0.3, 0.4) is 0 Å². The molecule has 0 aliphatic carbocycles. The number of carbonyl (C=O) groups is 4. The van der Waals surface area contributed by atoms with Crippen LogP contribution in [0.1, 0.15) is 38.0 Å². The van der Waals surface area contributed by atoms with E-state index in [9.17, 15) is 19.2 Å².